The molecule has 1 N–H and O–H groups in total. The number of carbonyl (C=O) groups excluding carboxylic acids is 4. The van der Waals surface area contributed by atoms with Crippen molar-refractivity contribution in [2.75, 3.05) is 39.7 Å². The van der Waals surface area contributed by atoms with Crippen LogP contribution in [0.3, 0.4) is 0 Å². The summed E-state index contributed by atoms with van der Waals surface area (Å²) >= 11 is 0. The Bertz CT molecular complexity index is 1110. The third kappa shape index (κ3) is 5.68. The van der Waals surface area contributed by atoms with Crippen molar-refractivity contribution >= 4 is 29.3 Å². The Morgan fingerprint density at radius 3 is 2.37 bits per heavy atom. The van der Waals surface area contributed by atoms with E-state index in [0.717, 1.165) is 0 Å². The molecule has 0 aromatic heterocycles. The van der Waals surface area contributed by atoms with Crippen molar-refractivity contribution in [2.24, 2.45) is 11.3 Å². The van der Waals surface area contributed by atoms with Gasteiger partial charge in [0.25, 0.3) is 5.91 Å². The molecule has 0 unspecified atom stereocenters. The fourth-order valence-corrected chi connectivity index (χ4v) is 4.74. The Labute approximate surface area is 221 Å². The third-order valence-corrected chi connectivity index (χ3v) is 6.84. The maximum absolute atomic E-state index is 13.1. The van der Waals surface area contributed by atoms with Crippen molar-refractivity contribution in [1.82, 2.24) is 9.80 Å². The number of ether oxygens (including phenoxy) is 4. The largest absolute Gasteiger partial charge is 0.484 e. The number of aliphatic hydroxyl groups is 1. The summed E-state index contributed by atoms with van der Waals surface area (Å²) in [4.78, 5) is 53.3. The number of aliphatic hydroxyl groups excluding tert-OH is 1. The molecule has 0 saturated carbocycles. The van der Waals surface area contributed by atoms with Gasteiger partial charge in [0, 0.05) is 13.1 Å². The van der Waals surface area contributed by atoms with Crippen LogP contribution in [0, 0.1) is 11.3 Å². The standard InChI is InChI=1S/C27H34N2O9/c1-16(30)22-20-13-19(23(29(20)24(22)32)25(33)37-15-38-26(34)27(2,3)4)17-5-7-18(8-6-17)36-14-21(31)28-9-11-35-12-10-28/h5-8,16,20,22,30H,9-15H2,1-4H3/t16-,20-,22-/m1/s1. The molecule has 3 aliphatic heterocycles. The predicted octanol–water partition coefficient (Wildman–Crippen LogP) is 1.34. The minimum atomic E-state index is -0.868. The van der Waals surface area contributed by atoms with E-state index in [0.29, 0.717) is 49.6 Å². The zero-order chi connectivity index (χ0) is 27.6. The lowest BCUT2D eigenvalue weighted by molar-refractivity contribution is -0.175. The second kappa shape index (κ2) is 11.1. The fourth-order valence-electron chi connectivity index (χ4n) is 4.74. The van der Waals surface area contributed by atoms with E-state index in [1.54, 1.807) is 56.9 Å². The van der Waals surface area contributed by atoms with E-state index in [2.05, 4.69) is 0 Å². The maximum Gasteiger partial charge on any atom is 0.358 e. The van der Waals surface area contributed by atoms with Gasteiger partial charge in [0.15, 0.2) is 6.61 Å². The molecule has 0 bridgehead atoms. The molecule has 3 heterocycles. The SMILES string of the molecule is C[C@@H](O)[C@H]1C(=O)N2C(C(=O)OCOC(=O)C(C)(C)C)=C(c3ccc(OCC(=O)N4CCOCC4)cc3)C[C@H]12. The van der Waals surface area contributed by atoms with Crippen molar-refractivity contribution in [2.45, 2.75) is 46.3 Å². The van der Waals surface area contributed by atoms with Crippen LogP contribution in [0.4, 0.5) is 0 Å². The number of fused-ring (bicyclic) bond motifs is 1. The van der Waals surface area contributed by atoms with Crippen LogP contribution < -0.4 is 4.74 Å². The minimum absolute atomic E-state index is 0.0693. The van der Waals surface area contributed by atoms with Gasteiger partial charge in [-0.3, -0.25) is 14.4 Å². The third-order valence-electron chi connectivity index (χ3n) is 6.84. The number of hydrogen-bond donors (Lipinski definition) is 1. The quantitative estimate of drug-likeness (QED) is 0.300. The summed E-state index contributed by atoms with van der Waals surface area (Å²) in [5.41, 5.74) is 0.556. The van der Waals surface area contributed by atoms with Crippen LogP contribution in [0.1, 0.15) is 39.7 Å². The molecule has 0 radical (unpaired) electrons. The maximum atomic E-state index is 13.1. The summed E-state index contributed by atoms with van der Waals surface area (Å²) < 4.78 is 21.2. The number of nitrogens with zero attached hydrogens (tertiary/aromatic N) is 2. The highest BCUT2D eigenvalue weighted by molar-refractivity contribution is 6.06. The molecule has 2 fully saturated rings. The van der Waals surface area contributed by atoms with Gasteiger partial charge in [-0.25, -0.2) is 4.79 Å². The Kier molecular flexibility index (Phi) is 8.08. The first-order valence-corrected chi connectivity index (χ1v) is 12.7. The molecule has 4 rings (SSSR count). The van der Waals surface area contributed by atoms with Crippen molar-refractivity contribution in [3.05, 3.63) is 35.5 Å². The highest BCUT2D eigenvalue weighted by Gasteiger charge is 2.57. The molecule has 2 amide bonds. The molecular formula is C27H34N2O9. The molecule has 0 aliphatic carbocycles. The topological polar surface area (TPSA) is 132 Å². The second-order valence-electron chi connectivity index (χ2n) is 10.6. The first kappa shape index (κ1) is 27.6. The molecule has 3 atom stereocenters. The molecule has 206 valence electrons. The number of morpholine rings is 1. The highest BCUT2D eigenvalue weighted by Crippen LogP contribution is 2.47. The van der Waals surface area contributed by atoms with Gasteiger partial charge >= 0.3 is 11.9 Å². The smallest absolute Gasteiger partial charge is 0.358 e. The number of rotatable bonds is 8. The normalized spacial score (nSPS) is 22.0. The summed E-state index contributed by atoms with van der Waals surface area (Å²) in [6, 6.07) is 6.48. The Hall–Kier alpha value is -3.44. The zero-order valence-corrected chi connectivity index (χ0v) is 22.1. The van der Waals surface area contributed by atoms with Crippen molar-refractivity contribution in [1.29, 1.82) is 0 Å². The minimum Gasteiger partial charge on any atom is -0.484 e. The van der Waals surface area contributed by atoms with Gasteiger partial charge in [0.05, 0.1) is 36.7 Å². The van der Waals surface area contributed by atoms with Crippen LogP contribution in [0.25, 0.3) is 5.57 Å². The summed E-state index contributed by atoms with van der Waals surface area (Å²) in [6.07, 6.45) is -0.517. The first-order chi connectivity index (χ1) is 18.0. The van der Waals surface area contributed by atoms with Crippen LogP contribution in [-0.4, -0.2) is 90.5 Å². The summed E-state index contributed by atoms with van der Waals surface area (Å²) in [6.45, 7) is 7.99. The molecule has 0 spiro atoms. The number of β-lactam (4-membered cyclic amide) rings is 1. The molecule has 38 heavy (non-hydrogen) atoms. The number of amides is 2. The van der Waals surface area contributed by atoms with E-state index < -0.39 is 36.2 Å². The van der Waals surface area contributed by atoms with E-state index in [4.69, 9.17) is 18.9 Å². The van der Waals surface area contributed by atoms with Crippen LogP contribution in [-0.2, 0) is 33.4 Å². The van der Waals surface area contributed by atoms with Crippen LogP contribution in [0.2, 0.25) is 0 Å². The Balaban J connectivity index is 1.47. The average molecular weight is 531 g/mol. The van der Waals surface area contributed by atoms with Gasteiger partial charge in [-0.05, 0) is 57.4 Å². The van der Waals surface area contributed by atoms with Crippen molar-refractivity contribution < 1.29 is 43.2 Å². The molecule has 11 heteroatoms. The van der Waals surface area contributed by atoms with E-state index in [1.807, 2.05) is 0 Å². The zero-order valence-electron chi connectivity index (χ0n) is 22.1. The molecule has 1 aromatic rings. The fraction of sp³-hybridized carbons (Fsp3) is 0.556. The van der Waals surface area contributed by atoms with E-state index in [9.17, 15) is 24.3 Å². The number of hydrogen-bond acceptors (Lipinski definition) is 9. The lowest BCUT2D eigenvalue weighted by Crippen LogP contribution is -2.61. The van der Waals surface area contributed by atoms with Gasteiger partial charge in [-0.2, -0.15) is 0 Å². The molecular weight excluding hydrogens is 496 g/mol. The van der Waals surface area contributed by atoms with Crippen LogP contribution in [0.15, 0.2) is 30.0 Å². The second-order valence-corrected chi connectivity index (χ2v) is 10.6. The average Bonchev–Trinajstić information content (AvgIpc) is 3.22. The summed E-state index contributed by atoms with van der Waals surface area (Å²) in [5, 5.41) is 10.1. The number of esters is 2. The number of benzene rings is 1. The van der Waals surface area contributed by atoms with E-state index in [-0.39, 0.29) is 30.2 Å². The summed E-state index contributed by atoms with van der Waals surface area (Å²) in [5.74, 6) is -1.95. The van der Waals surface area contributed by atoms with Crippen molar-refractivity contribution in [3.63, 3.8) is 0 Å². The Morgan fingerprint density at radius 1 is 1.11 bits per heavy atom. The van der Waals surface area contributed by atoms with Gasteiger partial charge in [-0.15, -0.1) is 0 Å². The predicted molar refractivity (Wildman–Crippen MR) is 133 cm³/mol. The van der Waals surface area contributed by atoms with E-state index >= 15 is 0 Å². The lowest BCUT2D eigenvalue weighted by atomic mass is 9.82. The van der Waals surface area contributed by atoms with Gasteiger partial charge < -0.3 is 33.9 Å². The highest BCUT2D eigenvalue weighted by atomic mass is 16.7. The van der Waals surface area contributed by atoms with Gasteiger partial charge in [0.2, 0.25) is 12.7 Å². The molecule has 3 aliphatic rings. The summed E-state index contributed by atoms with van der Waals surface area (Å²) in [7, 11) is 0. The van der Waals surface area contributed by atoms with Crippen molar-refractivity contribution in [3.8, 4) is 5.75 Å². The van der Waals surface area contributed by atoms with E-state index in [1.165, 1.54) is 4.90 Å². The monoisotopic (exact) mass is 530 g/mol. The first-order valence-electron chi connectivity index (χ1n) is 12.7. The van der Waals surface area contributed by atoms with Gasteiger partial charge in [0.1, 0.15) is 11.4 Å². The molecule has 11 nitrogen and oxygen atoms in total. The molecule has 2 saturated heterocycles. The Morgan fingerprint density at radius 2 is 1.76 bits per heavy atom. The number of carbonyl (C=O) groups is 4. The molecule has 1 aromatic carbocycles. The lowest BCUT2D eigenvalue weighted by Gasteiger charge is -2.44. The van der Waals surface area contributed by atoms with Crippen LogP contribution in [0.5, 0.6) is 5.75 Å². The van der Waals surface area contributed by atoms with Crippen LogP contribution >= 0.6 is 0 Å². The van der Waals surface area contributed by atoms with Gasteiger partial charge in [-0.1, -0.05) is 12.1 Å².